The highest BCUT2D eigenvalue weighted by Crippen LogP contribution is 2.32. The minimum atomic E-state index is -0.981. The van der Waals surface area contributed by atoms with E-state index in [1.165, 1.54) is 11.0 Å². The van der Waals surface area contributed by atoms with Crippen molar-refractivity contribution in [3.05, 3.63) is 41.7 Å². The number of urea groups is 1. The van der Waals surface area contributed by atoms with Crippen molar-refractivity contribution in [1.29, 1.82) is 5.26 Å². The maximum Gasteiger partial charge on any atom is 0.317 e. The summed E-state index contributed by atoms with van der Waals surface area (Å²) >= 11 is 0. The van der Waals surface area contributed by atoms with Gasteiger partial charge in [0.25, 0.3) is 0 Å². The van der Waals surface area contributed by atoms with E-state index in [0.717, 1.165) is 31.5 Å². The summed E-state index contributed by atoms with van der Waals surface area (Å²) in [6.45, 7) is 0.508. The van der Waals surface area contributed by atoms with Crippen LogP contribution in [0.15, 0.2) is 24.5 Å². The number of alkyl halides is 1. The number of nitriles is 1. The molecule has 3 aromatic rings. The van der Waals surface area contributed by atoms with Crippen molar-refractivity contribution < 1.29 is 18.0 Å². The van der Waals surface area contributed by atoms with E-state index in [0.29, 0.717) is 36.0 Å². The number of nitrogens with one attached hydrogen (secondary N) is 3. The standard InChI is InChI=1S/C24H24F3N7O/c25-14-4-5-34(12-14)24(35)32-17-3-1-2-16(8-17)31-23-20(27)6-13(9-28)21(33-23)19-11-30-22-18(19)7-15(26)10-29-22/h6-7,10-11,14,16-17H,1-5,8,12H2,(H,29,30)(H,31,33)(H,32,35)/t14-,16-,17+/m0/s1. The minimum absolute atomic E-state index is 0.0174. The molecule has 35 heavy (non-hydrogen) atoms. The average Bonchev–Trinajstić information content (AvgIpc) is 3.46. The summed E-state index contributed by atoms with van der Waals surface area (Å²) in [6, 6.07) is 3.79. The topological polar surface area (TPSA) is 110 Å². The van der Waals surface area contributed by atoms with Crippen LogP contribution < -0.4 is 10.6 Å². The molecule has 0 spiro atoms. The Balaban J connectivity index is 1.35. The fourth-order valence-electron chi connectivity index (χ4n) is 4.87. The van der Waals surface area contributed by atoms with E-state index < -0.39 is 17.8 Å². The Morgan fingerprint density at radius 1 is 1.23 bits per heavy atom. The van der Waals surface area contributed by atoms with Gasteiger partial charge in [0.2, 0.25) is 0 Å². The largest absolute Gasteiger partial charge is 0.365 e. The first-order chi connectivity index (χ1) is 16.9. The number of halogens is 3. The summed E-state index contributed by atoms with van der Waals surface area (Å²) in [6.07, 6.45) is 4.91. The van der Waals surface area contributed by atoms with Gasteiger partial charge in [-0.15, -0.1) is 0 Å². The van der Waals surface area contributed by atoms with Gasteiger partial charge in [-0.1, -0.05) is 0 Å². The minimum Gasteiger partial charge on any atom is -0.365 e. The first-order valence-electron chi connectivity index (χ1n) is 11.6. The molecule has 3 aromatic heterocycles. The van der Waals surface area contributed by atoms with Crippen LogP contribution in [0, 0.1) is 23.0 Å². The first kappa shape index (κ1) is 23.0. The van der Waals surface area contributed by atoms with Gasteiger partial charge in [0.15, 0.2) is 11.6 Å². The number of aromatic nitrogens is 3. The lowest BCUT2D eigenvalue weighted by Crippen LogP contribution is -2.47. The molecule has 0 bridgehead atoms. The molecule has 0 unspecified atom stereocenters. The monoisotopic (exact) mass is 483 g/mol. The molecule has 2 fully saturated rings. The van der Waals surface area contributed by atoms with E-state index >= 15 is 0 Å². The zero-order chi connectivity index (χ0) is 24.5. The van der Waals surface area contributed by atoms with E-state index in [2.05, 4.69) is 25.6 Å². The fourth-order valence-corrected chi connectivity index (χ4v) is 4.87. The molecule has 5 rings (SSSR count). The summed E-state index contributed by atoms with van der Waals surface area (Å²) in [5, 5.41) is 16.1. The molecule has 4 heterocycles. The number of fused-ring (bicyclic) bond motifs is 1. The summed E-state index contributed by atoms with van der Waals surface area (Å²) in [5.41, 5.74) is 1.10. The van der Waals surface area contributed by atoms with Crippen LogP contribution in [-0.2, 0) is 0 Å². The van der Waals surface area contributed by atoms with Gasteiger partial charge < -0.3 is 20.5 Å². The second-order valence-corrected chi connectivity index (χ2v) is 9.07. The van der Waals surface area contributed by atoms with Gasteiger partial charge >= 0.3 is 6.03 Å². The predicted octanol–water partition coefficient (Wildman–Crippen LogP) is 4.25. The van der Waals surface area contributed by atoms with Gasteiger partial charge in [-0.25, -0.2) is 27.9 Å². The molecule has 11 heteroatoms. The van der Waals surface area contributed by atoms with E-state index in [4.69, 9.17) is 0 Å². The van der Waals surface area contributed by atoms with Crippen LogP contribution in [0.2, 0.25) is 0 Å². The summed E-state index contributed by atoms with van der Waals surface area (Å²) in [5.74, 6) is -1.23. The zero-order valence-corrected chi connectivity index (χ0v) is 18.8. The van der Waals surface area contributed by atoms with Crippen LogP contribution in [0.4, 0.5) is 23.8 Å². The lowest BCUT2D eigenvalue weighted by atomic mass is 9.91. The molecule has 3 N–H and O–H groups in total. The lowest BCUT2D eigenvalue weighted by molar-refractivity contribution is 0.195. The molecule has 1 aliphatic heterocycles. The zero-order valence-electron chi connectivity index (χ0n) is 18.8. The van der Waals surface area contributed by atoms with Crippen molar-refractivity contribution in [3.8, 4) is 17.3 Å². The third kappa shape index (κ3) is 4.73. The van der Waals surface area contributed by atoms with Crippen molar-refractivity contribution >= 4 is 22.9 Å². The van der Waals surface area contributed by atoms with E-state index in [-0.39, 0.29) is 41.7 Å². The number of H-pyrrole nitrogens is 1. The molecular weight excluding hydrogens is 459 g/mol. The highest BCUT2D eigenvalue weighted by molar-refractivity contribution is 5.94. The van der Waals surface area contributed by atoms with Crippen LogP contribution in [0.1, 0.15) is 37.7 Å². The number of rotatable bonds is 4. The Bertz CT molecular complexity index is 1300. The normalized spacial score (nSPS) is 22.2. The smallest absolute Gasteiger partial charge is 0.317 e. The Kier molecular flexibility index (Phi) is 6.19. The Labute approximate surface area is 199 Å². The van der Waals surface area contributed by atoms with Crippen molar-refractivity contribution in [2.45, 2.75) is 50.4 Å². The Morgan fingerprint density at radius 3 is 2.83 bits per heavy atom. The molecule has 8 nitrogen and oxygen atoms in total. The summed E-state index contributed by atoms with van der Waals surface area (Å²) in [7, 11) is 0. The summed E-state index contributed by atoms with van der Waals surface area (Å²) in [4.78, 5) is 25.2. The van der Waals surface area contributed by atoms with E-state index in [1.807, 2.05) is 6.07 Å². The fraction of sp³-hybridized carbons (Fsp3) is 0.417. The second kappa shape index (κ2) is 9.44. The lowest BCUT2D eigenvalue weighted by Gasteiger charge is -2.32. The van der Waals surface area contributed by atoms with Crippen LogP contribution >= 0.6 is 0 Å². The molecular formula is C24H24F3N7O. The molecule has 1 aliphatic carbocycles. The van der Waals surface area contributed by atoms with Crippen molar-refractivity contribution in [1.82, 2.24) is 25.2 Å². The van der Waals surface area contributed by atoms with Gasteiger partial charge in [0, 0.05) is 35.8 Å². The van der Waals surface area contributed by atoms with Crippen LogP contribution in [0.3, 0.4) is 0 Å². The third-order valence-electron chi connectivity index (χ3n) is 6.61. The maximum absolute atomic E-state index is 14.9. The number of anilines is 1. The second-order valence-electron chi connectivity index (χ2n) is 9.07. The number of hydrogen-bond acceptors (Lipinski definition) is 5. The number of carbonyl (C=O) groups excluding carboxylic acids is 1. The van der Waals surface area contributed by atoms with Gasteiger partial charge in [-0.2, -0.15) is 5.26 Å². The van der Waals surface area contributed by atoms with Crippen LogP contribution in [0.25, 0.3) is 22.3 Å². The van der Waals surface area contributed by atoms with Crippen LogP contribution in [0.5, 0.6) is 0 Å². The van der Waals surface area contributed by atoms with E-state index in [9.17, 15) is 23.2 Å². The quantitative estimate of drug-likeness (QED) is 0.514. The highest BCUT2D eigenvalue weighted by Gasteiger charge is 2.30. The molecule has 2 amide bonds. The van der Waals surface area contributed by atoms with Gasteiger partial charge in [-0.05, 0) is 44.2 Å². The number of nitrogens with zero attached hydrogens (tertiary/aromatic N) is 4. The number of pyridine rings is 2. The van der Waals surface area contributed by atoms with Crippen molar-refractivity contribution in [3.63, 3.8) is 0 Å². The molecule has 0 aromatic carbocycles. The molecule has 0 radical (unpaired) electrons. The average molecular weight is 483 g/mol. The molecule has 1 saturated heterocycles. The number of amides is 2. The summed E-state index contributed by atoms with van der Waals surface area (Å²) < 4.78 is 42.1. The van der Waals surface area contributed by atoms with Crippen molar-refractivity contribution in [2.24, 2.45) is 0 Å². The van der Waals surface area contributed by atoms with Gasteiger partial charge in [0.1, 0.15) is 23.7 Å². The maximum atomic E-state index is 14.9. The molecule has 182 valence electrons. The molecule has 1 saturated carbocycles. The molecule has 3 atom stereocenters. The predicted molar refractivity (Wildman–Crippen MR) is 123 cm³/mol. The van der Waals surface area contributed by atoms with Gasteiger partial charge in [-0.3, -0.25) is 0 Å². The number of likely N-dealkylation sites (tertiary alicyclic amines) is 1. The Hall–Kier alpha value is -3.81. The SMILES string of the molecule is N#Cc1cc(F)c(N[C@H]2CCC[C@@H](NC(=O)N3CC[C@H](F)C3)C2)nc1-c1c[nH]c2ncc(F)cc12. The highest BCUT2D eigenvalue weighted by atomic mass is 19.1. The number of hydrogen-bond donors (Lipinski definition) is 3. The third-order valence-corrected chi connectivity index (χ3v) is 6.61. The van der Waals surface area contributed by atoms with E-state index in [1.54, 1.807) is 6.20 Å². The first-order valence-corrected chi connectivity index (χ1v) is 11.6. The van der Waals surface area contributed by atoms with Crippen LogP contribution in [-0.4, -0.2) is 57.2 Å². The number of aromatic amines is 1. The Morgan fingerprint density at radius 2 is 2.06 bits per heavy atom. The number of carbonyl (C=O) groups is 1. The van der Waals surface area contributed by atoms with Gasteiger partial charge in [0.05, 0.1) is 24.0 Å². The molecule has 2 aliphatic rings. The van der Waals surface area contributed by atoms with Crippen molar-refractivity contribution in [2.75, 3.05) is 18.4 Å².